The molecule has 0 radical (unpaired) electrons. The standard InChI is InChI=1S/C19H20N4O4S/c1-26-13-8-6-12(7-9-13)11-20-19(28)23-22-17(24)10-16-18(25)21-14-4-2-3-5-15(14)27-16/h2-9,16H,10-11H2,1H3,(H,21,25)(H,22,24)(H2,20,23,28)/t16-/m1/s1. The number of ether oxygens (including phenoxy) is 2. The van der Waals surface area contributed by atoms with Crippen LogP contribution >= 0.6 is 12.2 Å². The van der Waals surface area contributed by atoms with E-state index in [1.54, 1.807) is 31.4 Å². The summed E-state index contributed by atoms with van der Waals surface area (Å²) in [5, 5.41) is 5.94. The van der Waals surface area contributed by atoms with Gasteiger partial charge in [0.2, 0.25) is 5.91 Å². The second-order valence-corrected chi connectivity index (χ2v) is 6.41. The number of nitrogens with one attached hydrogen (secondary N) is 4. The van der Waals surface area contributed by atoms with E-state index in [0.29, 0.717) is 18.0 Å². The average Bonchev–Trinajstić information content (AvgIpc) is 2.71. The summed E-state index contributed by atoms with van der Waals surface area (Å²) in [5.74, 6) is 0.514. The maximum absolute atomic E-state index is 12.1. The lowest BCUT2D eigenvalue weighted by Crippen LogP contribution is -2.49. The van der Waals surface area contributed by atoms with Gasteiger partial charge in [-0.15, -0.1) is 0 Å². The number of hydrogen-bond donors (Lipinski definition) is 4. The molecule has 2 amide bonds. The SMILES string of the molecule is COc1ccc(CNC(=S)NNC(=O)C[C@H]2Oc3ccccc3NC2=O)cc1. The summed E-state index contributed by atoms with van der Waals surface area (Å²) in [6.07, 6.45) is -1.05. The first-order valence-electron chi connectivity index (χ1n) is 8.57. The number of benzene rings is 2. The summed E-state index contributed by atoms with van der Waals surface area (Å²) in [4.78, 5) is 24.1. The van der Waals surface area contributed by atoms with Gasteiger partial charge in [0.1, 0.15) is 11.5 Å². The van der Waals surface area contributed by atoms with E-state index in [1.165, 1.54) is 0 Å². The second-order valence-electron chi connectivity index (χ2n) is 6.00. The minimum absolute atomic E-state index is 0.145. The molecule has 1 heterocycles. The Kier molecular flexibility index (Phi) is 6.28. The molecule has 0 saturated heterocycles. The molecule has 0 bridgehead atoms. The third-order valence-electron chi connectivity index (χ3n) is 4.00. The third-order valence-corrected chi connectivity index (χ3v) is 4.25. The number of carbonyl (C=O) groups is 2. The number of amides is 2. The van der Waals surface area contributed by atoms with Gasteiger partial charge in [0.05, 0.1) is 19.2 Å². The molecular weight excluding hydrogens is 380 g/mol. The summed E-state index contributed by atoms with van der Waals surface area (Å²) in [7, 11) is 1.61. The minimum Gasteiger partial charge on any atom is -0.497 e. The van der Waals surface area contributed by atoms with Crippen LogP contribution in [0.2, 0.25) is 0 Å². The number of para-hydroxylation sites is 2. The molecular formula is C19H20N4O4S. The van der Waals surface area contributed by atoms with Gasteiger partial charge in [0.15, 0.2) is 11.2 Å². The number of rotatable bonds is 5. The lowest BCUT2D eigenvalue weighted by molar-refractivity contribution is -0.130. The Bertz CT molecular complexity index is 872. The molecule has 1 aliphatic heterocycles. The summed E-state index contributed by atoms with van der Waals surface area (Å²) in [6.45, 7) is 0.483. The van der Waals surface area contributed by atoms with E-state index in [4.69, 9.17) is 21.7 Å². The van der Waals surface area contributed by atoms with Crippen molar-refractivity contribution in [3.8, 4) is 11.5 Å². The molecule has 146 valence electrons. The van der Waals surface area contributed by atoms with Gasteiger partial charge in [-0.3, -0.25) is 20.4 Å². The van der Waals surface area contributed by atoms with Crippen molar-refractivity contribution in [3.05, 3.63) is 54.1 Å². The van der Waals surface area contributed by atoms with Crippen LogP contribution in [0, 0.1) is 0 Å². The number of hydrogen-bond acceptors (Lipinski definition) is 5. The van der Waals surface area contributed by atoms with Crippen molar-refractivity contribution in [2.45, 2.75) is 19.1 Å². The predicted octanol–water partition coefficient (Wildman–Crippen LogP) is 1.48. The Morgan fingerprint density at radius 2 is 1.93 bits per heavy atom. The smallest absolute Gasteiger partial charge is 0.266 e. The molecule has 2 aromatic rings. The van der Waals surface area contributed by atoms with E-state index in [0.717, 1.165) is 11.3 Å². The van der Waals surface area contributed by atoms with Crippen LogP contribution in [0.5, 0.6) is 11.5 Å². The van der Waals surface area contributed by atoms with Crippen LogP contribution in [-0.4, -0.2) is 30.1 Å². The zero-order chi connectivity index (χ0) is 19.9. The van der Waals surface area contributed by atoms with E-state index < -0.39 is 12.0 Å². The van der Waals surface area contributed by atoms with Gasteiger partial charge < -0.3 is 20.1 Å². The number of thiocarbonyl (C=S) groups is 1. The monoisotopic (exact) mass is 400 g/mol. The predicted molar refractivity (Wildman–Crippen MR) is 108 cm³/mol. The van der Waals surface area contributed by atoms with Crippen molar-refractivity contribution in [2.24, 2.45) is 0 Å². The van der Waals surface area contributed by atoms with Gasteiger partial charge in [-0.25, -0.2) is 0 Å². The van der Waals surface area contributed by atoms with E-state index in [9.17, 15) is 9.59 Å². The van der Waals surface area contributed by atoms with Crippen molar-refractivity contribution in [3.63, 3.8) is 0 Å². The van der Waals surface area contributed by atoms with Gasteiger partial charge in [-0.05, 0) is 42.0 Å². The van der Waals surface area contributed by atoms with Crippen LogP contribution in [0.4, 0.5) is 5.69 Å². The largest absolute Gasteiger partial charge is 0.497 e. The molecule has 0 unspecified atom stereocenters. The van der Waals surface area contributed by atoms with Crippen LogP contribution in [0.15, 0.2) is 48.5 Å². The summed E-state index contributed by atoms with van der Waals surface area (Å²) >= 11 is 5.13. The van der Waals surface area contributed by atoms with Crippen molar-refractivity contribution >= 4 is 34.8 Å². The Labute approximate surface area is 167 Å². The number of carbonyl (C=O) groups excluding carboxylic acids is 2. The zero-order valence-electron chi connectivity index (χ0n) is 15.2. The minimum atomic E-state index is -0.905. The third kappa shape index (κ3) is 5.10. The lowest BCUT2D eigenvalue weighted by Gasteiger charge is -2.25. The highest BCUT2D eigenvalue weighted by molar-refractivity contribution is 7.80. The van der Waals surface area contributed by atoms with Crippen LogP contribution in [0.25, 0.3) is 0 Å². The molecule has 0 fully saturated rings. The number of methoxy groups -OCH3 is 1. The van der Waals surface area contributed by atoms with Crippen LogP contribution in [-0.2, 0) is 16.1 Å². The van der Waals surface area contributed by atoms with Gasteiger partial charge in [-0.1, -0.05) is 24.3 Å². The summed E-state index contributed by atoms with van der Waals surface area (Å²) < 4.78 is 10.7. The number of hydrazine groups is 1. The van der Waals surface area contributed by atoms with E-state index >= 15 is 0 Å². The zero-order valence-corrected chi connectivity index (χ0v) is 16.0. The Morgan fingerprint density at radius 1 is 1.18 bits per heavy atom. The van der Waals surface area contributed by atoms with E-state index in [1.807, 2.05) is 24.3 Å². The van der Waals surface area contributed by atoms with Crippen molar-refractivity contribution in [1.29, 1.82) is 0 Å². The van der Waals surface area contributed by atoms with Crippen LogP contribution in [0.1, 0.15) is 12.0 Å². The Hall–Kier alpha value is -3.33. The van der Waals surface area contributed by atoms with E-state index in [-0.39, 0.29) is 17.4 Å². The molecule has 28 heavy (non-hydrogen) atoms. The molecule has 2 aromatic carbocycles. The Balaban J connectivity index is 1.41. The molecule has 0 saturated carbocycles. The molecule has 4 N–H and O–H groups in total. The Morgan fingerprint density at radius 3 is 2.68 bits per heavy atom. The van der Waals surface area contributed by atoms with Crippen LogP contribution in [0.3, 0.4) is 0 Å². The second kappa shape index (κ2) is 9.05. The van der Waals surface area contributed by atoms with Gasteiger partial charge in [0.25, 0.3) is 5.91 Å². The fraction of sp³-hybridized carbons (Fsp3) is 0.211. The van der Waals surface area contributed by atoms with Crippen LogP contribution < -0.4 is 31.0 Å². The molecule has 1 atom stereocenters. The number of anilines is 1. The molecule has 1 aliphatic rings. The summed E-state index contributed by atoms with van der Waals surface area (Å²) in [6, 6.07) is 14.6. The average molecular weight is 400 g/mol. The summed E-state index contributed by atoms with van der Waals surface area (Å²) in [5.41, 5.74) is 6.65. The fourth-order valence-corrected chi connectivity index (χ4v) is 2.67. The van der Waals surface area contributed by atoms with Gasteiger partial charge in [-0.2, -0.15) is 0 Å². The highest BCUT2D eigenvalue weighted by Crippen LogP contribution is 2.29. The first-order chi connectivity index (χ1) is 13.5. The van der Waals surface area contributed by atoms with E-state index in [2.05, 4.69) is 21.5 Å². The van der Waals surface area contributed by atoms with Crippen molar-refractivity contribution < 1.29 is 19.1 Å². The molecule has 0 aromatic heterocycles. The highest BCUT2D eigenvalue weighted by Gasteiger charge is 2.29. The quantitative estimate of drug-likeness (QED) is 0.446. The lowest BCUT2D eigenvalue weighted by atomic mass is 10.1. The van der Waals surface area contributed by atoms with Crippen molar-refractivity contribution in [1.82, 2.24) is 16.2 Å². The highest BCUT2D eigenvalue weighted by atomic mass is 32.1. The number of fused-ring (bicyclic) bond motifs is 1. The van der Waals surface area contributed by atoms with Gasteiger partial charge >= 0.3 is 0 Å². The molecule has 0 spiro atoms. The molecule has 8 nitrogen and oxygen atoms in total. The maximum Gasteiger partial charge on any atom is 0.266 e. The molecule has 3 rings (SSSR count). The maximum atomic E-state index is 12.1. The molecule has 0 aliphatic carbocycles. The molecule has 9 heteroatoms. The first-order valence-corrected chi connectivity index (χ1v) is 8.98. The van der Waals surface area contributed by atoms with Crippen molar-refractivity contribution in [2.75, 3.05) is 12.4 Å². The van der Waals surface area contributed by atoms with Gasteiger partial charge in [0, 0.05) is 6.54 Å². The topological polar surface area (TPSA) is 101 Å². The fourth-order valence-electron chi connectivity index (χ4n) is 2.54. The normalized spacial score (nSPS) is 14.8. The first kappa shape index (κ1) is 19.4.